The molecule has 0 fully saturated rings. The van der Waals surface area contributed by atoms with Gasteiger partial charge in [0, 0.05) is 17.9 Å². The van der Waals surface area contributed by atoms with Gasteiger partial charge in [-0.2, -0.15) is 5.26 Å². The highest BCUT2D eigenvalue weighted by atomic mass is 32.1. The fraction of sp³-hybridized carbons (Fsp3) is 0.600. The van der Waals surface area contributed by atoms with Crippen LogP contribution >= 0.6 is 11.3 Å². The second-order valence-corrected chi connectivity index (χ2v) is 4.46. The summed E-state index contributed by atoms with van der Waals surface area (Å²) in [6.45, 7) is 4.71. The van der Waals surface area contributed by atoms with Crippen molar-refractivity contribution in [1.29, 1.82) is 5.26 Å². The SMILES string of the molecule is COCc1nc(C(C)C)sc1CC#N. The first-order valence-electron chi connectivity index (χ1n) is 4.53. The Bertz CT molecular complexity index is 338. The number of hydrogen-bond acceptors (Lipinski definition) is 4. The summed E-state index contributed by atoms with van der Waals surface area (Å²) in [5.74, 6) is 0.419. The van der Waals surface area contributed by atoms with E-state index in [4.69, 9.17) is 10.00 Å². The summed E-state index contributed by atoms with van der Waals surface area (Å²) in [6, 6.07) is 2.15. The molecule has 0 aliphatic rings. The fourth-order valence-electron chi connectivity index (χ4n) is 1.11. The van der Waals surface area contributed by atoms with Gasteiger partial charge >= 0.3 is 0 Å². The highest BCUT2D eigenvalue weighted by Crippen LogP contribution is 2.25. The zero-order valence-electron chi connectivity index (χ0n) is 8.70. The lowest BCUT2D eigenvalue weighted by Gasteiger charge is -1.96. The van der Waals surface area contributed by atoms with E-state index in [1.54, 1.807) is 18.4 Å². The van der Waals surface area contributed by atoms with Crippen LogP contribution in [0.3, 0.4) is 0 Å². The Hall–Kier alpha value is -0.920. The van der Waals surface area contributed by atoms with E-state index >= 15 is 0 Å². The molecule has 1 aromatic rings. The van der Waals surface area contributed by atoms with E-state index < -0.39 is 0 Å². The summed E-state index contributed by atoms with van der Waals surface area (Å²) in [7, 11) is 1.64. The van der Waals surface area contributed by atoms with Gasteiger partial charge in [-0.1, -0.05) is 13.8 Å². The Morgan fingerprint density at radius 1 is 1.57 bits per heavy atom. The van der Waals surface area contributed by atoms with Crippen LogP contribution in [0.2, 0.25) is 0 Å². The standard InChI is InChI=1S/C10H14N2OS/c1-7(2)10-12-8(6-13-3)9(14-10)4-5-11/h7H,4,6H2,1-3H3. The van der Waals surface area contributed by atoms with Gasteiger partial charge in [-0.05, 0) is 0 Å². The second-order valence-electron chi connectivity index (χ2n) is 3.34. The van der Waals surface area contributed by atoms with Gasteiger partial charge in [0.1, 0.15) is 0 Å². The molecule has 4 heteroatoms. The van der Waals surface area contributed by atoms with E-state index in [0.717, 1.165) is 15.6 Å². The first-order valence-corrected chi connectivity index (χ1v) is 5.35. The van der Waals surface area contributed by atoms with Crippen molar-refractivity contribution in [2.75, 3.05) is 7.11 Å². The van der Waals surface area contributed by atoms with Gasteiger partial charge in [-0.25, -0.2) is 4.98 Å². The molecule has 0 radical (unpaired) electrons. The number of thiazole rings is 1. The summed E-state index contributed by atoms with van der Waals surface area (Å²) >= 11 is 1.62. The minimum Gasteiger partial charge on any atom is -0.378 e. The molecule has 0 bridgehead atoms. The maximum atomic E-state index is 8.65. The smallest absolute Gasteiger partial charge is 0.0957 e. The predicted octanol–water partition coefficient (Wildman–Crippen LogP) is 2.48. The number of aromatic nitrogens is 1. The predicted molar refractivity (Wildman–Crippen MR) is 56.2 cm³/mol. The van der Waals surface area contributed by atoms with Crippen LogP contribution in [0, 0.1) is 11.3 Å². The van der Waals surface area contributed by atoms with E-state index in [0.29, 0.717) is 18.9 Å². The molecule has 0 N–H and O–H groups in total. The number of nitrogens with zero attached hydrogens (tertiary/aromatic N) is 2. The zero-order chi connectivity index (χ0) is 10.6. The first kappa shape index (κ1) is 11.2. The van der Waals surface area contributed by atoms with Crippen molar-refractivity contribution in [1.82, 2.24) is 4.98 Å². The molecular weight excluding hydrogens is 196 g/mol. The molecule has 0 unspecified atom stereocenters. The quantitative estimate of drug-likeness (QED) is 0.767. The third kappa shape index (κ3) is 2.53. The normalized spacial score (nSPS) is 10.5. The molecule has 1 aromatic heterocycles. The average molecular weight is 210 g/mol. The molecular formula is C10H14N2OS. The molecule has 0 aromatic carbocycles. The fourth-order valence-corrected chi connectivity index (χ4v) is 2.11. The Morgan fingerprint density at radius 2 is 2.29 bits per heavy atom. The topological polar surface area (TPSA) is 45.9 Å². The van der Waals surface area contributed by atoms with Crippen molar-refractivity contribution in [3.8, 4) is 6.07 Å². The van der Waals surface area contributed by atoms with Gasteiger partial charge in [0.15, 0.2) is 0 Å². The van der Waals surface area contributed by atoms with E-state index in [1.165, 1.54) is 0 Å². The van der Waals surface area contributed by atoms with Crippen molar-refractivity contribution in [3.63, 3.8) is 0 Å². The lowest BCUT2D eigenvalue weighted by Crippen LogP contribution is -1.93. The zero-order valence-corrected chi connectivity index (χ0v) is 9.52. The molecule has 3 nitrogen and oxygen atoms in total. The first-order chi connectivity index (χ1) is 6.69. The lowest BCUT2D eigenvalue weighted by molar-refractivity contribution is 0.181. The highest BCUT2D eigenvalue weighted by molar-refractivity contribution is 7.11. The van der Waals surface area contributed by atoms with Crippen LogP contribution in [0.1, 0.15) is 35.3 Å². The average Bonchev–Trinajstić information content (AvgIpc) is 2.50. The van der Waals surface area contributed by atoms with Gasteiger partial charge < -0.3 is 4.74 Å². The third-order valence-corrected chi connectivity index (χ3v) is 3.21. The van der Waals surface area contributed by atoms with Gasteiger partial charge in [-0.3, -0.25) is 0 Å². The van der Waals surface area contributed by atoms with Crippen molar-refractivity contribution < 1.29 is 4.74 Å². The lowest BCUT2D eigenvalue weighted by atomic mass is 10.2. The molecule has 14 heavy (non-hydrogen) atoms. The molecule has 0 amide bonds. The van der Waals surface area contributed by atoms with Crippen LogP contribution in [0.5, 0.6) is 0 Å². The van der Waals surface area contributed by atoms with E-state index in [2.05, 4.69) is 24.9 Å². The van der Waals surface area contributed by atoms with Crippen molar-refractivity contribution >= 4 is 11.3 Å². The maximum Gasteiger partial charge on any atom is 0.0957 e. The molecule has 1 rings (SSSR count). The summed E-state index contributed by atoms with van der Waals surface area (Å²) in [6.07, 6.45) is 0.434. The highest BCUT2D eigenvalue weighted by Gasteiger charge is 2.12. The largest absolute Gasteiger partial charge is 0.378 e. The number of rotatable bonds is 4. The number of hydrogen-bond donors (Lipinski definition) is 0. The Labute approximate surface area is 88.4 Å². The third-order valence-electron chi connectivity index (χ3n) is 1.81. The van der Waals surface area contributed by atoms with Crippen molar-refractivity contribution in [2.24, 2.45) is 0 Å². The molecule has 0 aliphatic carbocycles. The number of methoxy groups -OCH3 is 1. The molecule has 0 aliphatic heterocycles. The molecule has 0 saturated heterocycles. The van der Waals surface area contributed by atoms with E-state index in [9.17, 15) is 0 Å². The van der Waals surface area contributed by atoms with Crippen LogP contribution in [-0.4, -0.2) is 12.1 Å². The van der Waals surface area contributed by atoms with Gasteiger partial charge in [0.25, 0.3) is 0 Å². The minimum atomic E-state index is 0.419. The molecule has 76 valence electrons. The summed E-state index contributed by atoms with van der Waals surface area (Å²) in [5.41, 5.74) is 0.919. The Morgan fingerprint density at radius 3 is 2.79 bits per heavy atom. The van der Waals surface area contributed by atoms with Crippen LogP contribution in [0.4, 0.5) is 0 Å². The van der Waals surface area contributed by atoms with Crippen LogP contribution in [0.15, 0.2) is 0 Å². The van der Waals surface area contributed by atoms with Crippen molar-refractivity contribution in [2.45, 2.75) is 32.8 Å². The van der Waals surface area contributed by atoms with Crippen molar-refractivity contribution in [3.05, 3.63) is 15.6 Å². The second kappa shape index (κ2) is 5.08. The molecule has 0 spiro atoms. The van der Waals surface area contributed by atoms with Gasteiger partial charge in [0.2, 0.25) is 0 Å². The molecule has 0 atom stereocenters. The van der Waals surface area contributed by atoms with Crippen LogP contribution in [0.25, 0.3) is 0 Å². The number of ether oxygens (including phenoxy) is 1. The van der Waals surface area contributed by atoms with Gasteiger partial charge in [-0.15, -0.1) is 11.3 Å². The van der Waals surface area contributed by atoms with Crippen LogP contribution < -0.4 is 0 Å². The Balaban J connectivity index is 2.94. The maximum absolute atomic E-state index is 8.65. The van der Waals surface area contributed by atoms with Gasteiger partial charge in [0.05, 0.1) is 29.8 Å². The van der Waals surface area contributed by atoms with E-state index in [1.807, 2.05) is 0 Å². The molecule has 0 saturated carbocycles. The Kier molecular flexibility index (Phi) is 4.05. The van der Waals surface area contributed by atoms with Crippen LogP contribution in [-0.2, 0) is 17.8 Å². The minimum absolute atomic E-state index is 0.419. The summed E-state index contributed by atoms with van der Waals surface area (Å²) in [5, 5.41) is 9.73. The number of nitriles is 1. The monoisotopic (exact) mass is 210 g/mol. The summed E-state index contributed by atoms with van der Waals surface area (Å²) in [4.78, 5) is 5.50. The van der Waals surface area contributed by atoms with E-state index in [-0.39, 0.29) is 0 Å². The summed E-state index contributed by atoms with van der Waals surface area (Å²) < 4.78 is 5.04. The molecule has 1 heterocycles.